The molecular weight excluding hydrogens is 408 g/mol. The van der Waals surface area contributed by atoms with Crippen molar-refractivity contribution in [2.24, 2.45) is 0 Å². The van der Waals surface area contributed by atoms with Crippen molar-refractivity contribution in [2.45, 2.75) is 31.2 Å². The average Bonchev–Trinajstić information content (AvgIpc) is 3.41. The van der Waals surface area contributed by atoms with E-state index >= 15 is 0 Å². The highest BCUT2D eigenvalue weighted by atomic mass is 32.2. The number of carbonyl (C=O) groups is 1. The molecule has 9 heteroatoms. The molecule has 2 aromatic rings. The highest BCUT2D eigenvalue weighted by molar-refractivity contribution is 7.89. The second-order valence-corrected chi connectivity index (χ2v) is 10.5. The standard InChI is InChI=1S/C20H26N4O3S2/c1-16-15-28-19(21-16)14-22-10-12-23(13-11-22)20(25)17-4-6-18(7-5-17)29(26,27)24-8-2-3-9-24/h4-7,15H,2-3,8-14H2,1H3. The molecule has 0 spiro atoms. The SMILES string of the molecule is Cc1csc(CN2CCN(C(=O)c3ccc(S(=O)(=O)N4CCCC4)cc3)CC2)n1. The minimum atomic E-state index is -3.44. The van der Waals surface area contributed by atoms with Crippen LogP contribution >= 0.6 is 11.3 Å². The van der Waals surface area contributed by atoms with Crippen LogP contribution in [0.4, 0.5) is 0 Å². The number of aromatic nitrogens is 1. The number of carbonyl (C=O) groups excluding carboxylic acids is 1. The Kier molecular flexibility index (Phi) is 6.00. The summed E-state index contributed by atoms with van der Waals surface area (Å²) in [5.74, 6) is -0.0418. The number of sulfonamides is 1. The second kappa shape index (κ2) is 8.51. The van der Waals surface area contributed by atoms with E-state index in [1.54, 1.807) is 35.6 Å². The molecule has 0 saturated carbocycles. The fourth-order valence-corrected chi connectivity index (χ4v) is 6.14. The van der Waals surface area contributed by atoms with Gasteiger partial charge in [-0.2, -0.15) is 4.31 Å². The Balaban J connectivity index is 1.35. The van der Waals surface area contributed by atoms with Crippen LogP contribution in [0.1, 0.15) is 33.9 Å². The van der Waals surface area contributed by atoms with Crippen molar-refractivity contribution in [3.05, 3.63) is 45.9 Å². The zero-order chi connectivity index (χ0) is 20.4. The number of piperazine rings is 1. The molecule has 4 rings (SSSR count). The van der Waals surface area contributed by atoms with Crippen LogP contribution in [0.15, 0.2) is 34.5 Å². The van der Waals surface area contributed by atoms with Gasteiger partial charge in [0, 0.05) is 55.9 Å². The average molecular weight is 435 g/mol. The van der Waals surface area contributed by atoms with Gasteiger partial charge in [-0.25, -0.2) is 13.4 Å². The van der Waals surface area contributed by atoms with Gasteiger partial charge in [0.15, 0.2) is 0 Å². The summed E-state index contributed by atoms with van der Waals surface area (Å²) in [4.78, 5) is 21.7. The first-order valence-corrected chi connectivity index (χ1v) is 12.3. The summed E-state index contributed by atoms with van der Waals surface area (Å²) in [7, 11) is -3.44. The van der Waals surface area contributed by atoms with E-state index in [1.807, 2.05) is 11.8 Å². The van der Waals surface area contributed by atoms with E-state index < -0.39 is 10.0 Å². The quantitative estimate of drug-likeness (QED) is 0.721. The van der Waals surface area contributed by atoms with Crippen molar-refractivity contribution in [3.63, 3.8) is 0 Å². The summed E-state index contributed by atoms with van der Waals surface area (Å²) in [6.07, 6.45) is 1.81. The molecule has 2 aliphatic heterocycles. The third-order valence-electron chi connectivity index (χ3n) is 5.49. The van der Waals surface area contributed by atoms with Gasteiger partial charge in [-0.3, -0.25) is 9.69 Å². The van der Waals surface area contributed by atoms with Crippen molar-refractivity contribution < 1.29 is 13.2 Å². The van der Waals surface area contributed by atoms with Crippen molar-refractivity contribution in [1.82, 2.24) is 19.1 Å². The van der Waals surface area contributed by atoms with Crippen LogP contribution in [-0.2, 0) is 16.6 Å². The molecule has 1 aromatic carbocycles. The van der Waals surface area contributed by atoms with Crippen LogP contribution in [0.2, 0.25) is 0 Å². The van der Waals surface area contributed by atoms with Gasteiger partial charge in [0.2, 0.25) is 10.0 Å². The lowest BCUT2D eigenvalue weighted by Crippen LogP contribution is -2.48. The first-order valence-electron chi connectivity index (χ1n) is 9.96. The predicted molar refractivity (Wildman–Crippen MR) is 112 cm³/mol. The topological polar surface area (TPSA) is 73.8 Å². The molecule has 156 valence electrons. The van der Waals surface area contributed by atoms with E-state index in [-0.39, 0.29) is 10.8 Å². The Hall–Kier alpha value is -1.81. The number of rotatable bonds is 5. The van der Waals surface area contributed by atoms with Crippen molar-refractivity contribution in [3.8, 4) is 0 Å². The van der Waals surface area contributed by atoms with Crippen LogP contribution in [0, 0.1) is 6.92 Å². The number of benzene rings is 1. The van der Waals surface area contributed by atoms with Crippen LogP contribution in [-0.4, -0.2) is 72.7 Å². The maximum atomic E-state index is 12.8. The molecule has 2 saturated heterocycles. The van der Waals surface area contributed by atoms with Gasteiger partial charge in [-0.15, -0.1) is 11.3 Å². The molecule has 1 amide bonds. The second-order valence-electron chi connectivity index (χ2n) is 7.59. The number of hydrogen-bond acceptors (Lipinski definition) is 6. The zero-order valence-corrected chi connectivity index (χ0v) is 18.2. The lowest BCUT2D eigenvalue weighted by atomic mass is 10.2. The molecule has 0 aliphatic carbocycles. The Labute approximate surface area is 176 Å². The number of thiazole rings is 1. The normalized spacial score (nSPS) is 19.0. The van der Waals surface area contributed by atoms with E-state index in [9.17, 15) is 13.2 Å². The molecule has 29 heavy (non-hydrogen) atoms. The van der Waals surface area contributed by atoms with Gasteiger partial charge >= 0.3 is 0 Å². The molecule has 0 radical (unpaired) electrons. The number of nitrogens with zero attached hydrogens (tertiary/aromatic N) is 4. The summed E-state index contributed by atoms with van der Waals surface area (Å²) < 4.78 is 26.8. The highest BCUT2D eigenvalue weighted by Crippen LogP contribution is 2.22. The zero-order valence-electron chi connectivity index (χ0n) is 16.6. The van der Waals surface area contributed by atoms with Crippen LogP contribution in [0.5, 0.6) is 0 Å². The smallest absolute Gasteiger partial charge is 0.253 e. The predicted octanol–water partition coefficient (Wildman–Crippen LogP) is 2.19. The minimum absolute atomic E-state index is 0.0418. The molecule has 3 heterocycles. The molecule has 0 N–H and O–H groups in total. The van der Waals surface area contributed by atoms with E-state index in [2.05, 4.69) is 15.3 Å². The summed E-state index contributed by atoms with van der Waals surface area (Å²) in [6.45, 7) is 6.93. The fraction of sp³-hybridized carbons (Fsp3) is 0.500. The van der Waals surface area contributed by atoms with E-state index in [0.717, 1.165) is 43.2 Å². The molecular formula is C20H26N4O3S2. The van der Waals surface area contributed by atoms with Crippen LogP contribution in [0.3, 0.4) is 0 Å². The van der Waals surface area contributed by atoms with Gasteiger partial charge in [0.1, 0.15) is 5.01 Å². The number of hydrogen-bond donors (Lipinski definition) is 0. The van der Waals surface area contributed by atoms with Crippen molar-refractivity contribution in [1.29, 1.82) is 0 Å². The Morgan fingerprint density at radius 3 is 2.28 bits per heavy atom. The van der Waals surface area contributed by atoms with E-state index in [0.29, 0.717) is 31.7 Å². The fourth-order valence-electron chi connectivity index (χ4n) is 3.81. The summed E-state index contributed by atoms with van der Waals surface area (Å²) >= 11 is 1.67. The lowest BCUT2D eigenvalue weighted by Gasteiger charge is -2.34. The Morgan fingerprint density at radius 2 is 1.69 bits per heavy atom. The van der Waals surface area contributed by atoms with E-state index in [4.69, 9.17) is 0 Å². The van der Waals surface area contributed by atoms with Gasteiger partial charge < -0.3 is 4.90 Å². The lowest BCUT2D eigenvalue weighted by molar-refractivity contribution is 0.0628. The molecule has 2 aliphatic rings. The Morgan fingerprint density at radius 1 is 1.03 bits per heavy atom. The van der Waals surface area contributed by atoms with Crippen LogP contribution in [0.25, 0.3) is 0 Å². The first kappa shape index (κ1) is 20.5. The van der Waals surface area contributed by atoms with Gasteiger partial charge in [-0.05, 0) is 44.0 Å². The summed E-state index contributed by atoms with van der Waals surface area (Å²) in [5.41, 5.74) is 1.59. The van der Waals surface area contributed by atoms with Gasteiger partial charge in [-0.1, -0.05) is 0 Å². The molecule has 0 atom stereocenters. The monoisotopic (exact) mass is 434 g/mol. The maximum Gasteiger partial charge on any atom is 0.253 e. The minimum Gasteiger partial charge on any atom is -0.336 e. The first-order chi connectivity index (χ1) is 13.9. The Bertz CT molecular complexity index is 958. The molecule has 2 fully saturated rings. The van der Waals surface area contributed by atoms with E-state index in [1.165, 1.54) is 4.31 Å². The third kappa shape index (κ3) is 4.53. The molecule has 0 bridgehead atoms. The third-order valence-corrected chi connectivity index (χ3v) is 8.35. The van der Waals surface area contributed by atoms with Gasteiger partial charge in [0.25, 0.3) is 5.91 Å². The molecule has 1 aromatic heterocycles. The number of amides is 1. The van der Waals surface area contributed by atoms with Crippen molar-refractivity contribution in [2.75, 3.05) is 39.3 Å². The van der Waals surface area contributed by atoms with Gasteiger partial charge in [0.05, 0.1) is 11.4 Å². The maximum absolute atomic E-state index is 12.8. The highest BCUT2D eigenvalue weighted by Gasteiger charge is 2.28. The molecule has 0 unspecified atom stereocenters. The summed E-state index contributed by atoms with van der Waals surface area (Å²) in [5, 5.41) is 3.17. The summed E-state index contributed by atoms with van der Waals surface area (Å²) in [6, 6.07) is 6.38. The van der Waals surface area contributed by atoms with Crippen LogP contribution < -0.4 is 0 Å². The van der Waals surface area contributed by atoms with Crippen molar-refractivity contribution >= 4 is 27.3 Å². The molecule has 7 nitrogen and oxygen atoms in total. The largest absolute Gasteiger partial charge is 0.336 e. The number of aryl methyl sites for hydroxylation is 1.